The zero-order valence-electron chi connectivity index (χ0n) is 14.3. The fourth-order valence-corrected chi connectivity index (χ4v) is 5.89. The molecule has 1 aromatic heterocycles. The number of fused-ring (bicyclic) bond motifs is 1. The molecule has 6 heteroatoms. The second-order valence-electron chi connectivity index (χ2n) is 6.01. The third-order valence-electron chi connectivity index (χ3n) is 4.20. The van der Waals surface area contributed by atoms with E-state index in [-0.39, 0.29) is 11.9 Å². The highest BCUT2D eigenvalue weighted by Crippen LogP contribution is 2.43. The second-order valence-corrected chi connectivity index (χ2v) is 9.15. The lowest BCUT2D eigenvalue weighted by Crippen LogP contribution is -2.39. The van der Waals surface area contributed by atoms with Crippen molar-refractivity contribution in [3.63, 3.8) is 0 Å². The number of benzene rings is 2. The Morgan fingerprint density at radius 1 is 1.19 bits per heavy atom. The summed E-state index contributed by atoms with van der Waals surface area (Å²) in [5.74, 6) is 1.40. The van der Waals surface area contributed by atoms with Gasteiger partial charge in [0.15, 0.2) is 4.34 Å². The smallest absolute Gasteiger partial charge is 0.238 e. The molecule has 4 rings (SSSR count). The van der Waals surface area contributed by atoms with Crippen LogP contribution in [0.1, 0.15) is 17.3 Å². The van der Waals surface area contributed by atoms with Gasteiger partial charge in [0.2, 0.25) is 5.91 Å². The lowest BCUT2D eigenvalue weighted by Gasteiger charge is -2.37. The van der Waals surface area contributed by atoms with E-state index < -0.39 is 0 Å². The molecule has 26 heavy (non-hydrogen) atoms. The maximum absolute atomic E-state index is 13.2. The second kappa shape index (κ2) is 7.86. The van der Waals surface area contributed by atoms with Gasteiger partial charge in [-0.1, -0.05) is 54.2 Å². The van der Waals surface area contributed by atoms with Crippen molar-refractivity contribution in [3.05, 3.63) is 71.2 Å². The molecule has 1 atom stereocenters. The number of carbonyl (C=O) groups excluding carboxylic acids is 1. The molecular formula is C20H18N2OS3. The lowest BCUT2D eigenvalue weighted by atomic mass is 10.1. The lowest BCUT2D eigenvalue weighted by molar-refractivity contribution is -0.116. The summed E-state index contributed by atoms with van der Waals surface area (Å²) in [5.41, 5.74) is 3.20. The monoisotopic (exact) mass is 398 g/mol. The van der Waals surface area contributed by atoms with Crippen LogP contribution in [0.25, 0.3) is 0 Å². The summed E-state index contributed by atoms with van der Waals surface area (Å²) in [6.45, 7) is 1.98. The van der Waals surface area contributed by atoms with Crippen molar-refractivity contribution >= 4 is 46.5 Å². The van der Waals surface area contributed by atoms with Gasteiger partial charge in [-0.3, -0.25) is 4.79 Å². The van der Waals surface area contributed by atoms with E-state index in [1.807, 2.05) is 65.4 Å². The zero-order valence-corrected chi connectivity index (χ0v) is 16.7. The van der Waals surface area contributed by atoms with E-state index in [1.165, 1.54) is 22.2 Å². The average Bonchev–Trinajstić information content (AvgIpc) is 3.11. The Labute approximate surface area is 165 Å². The summed E-state index contributed by atoms with van der Waals surface area (Å²) < 4.78 is 0.951. The minimum Gasteiger partial charge on any atom is -0.302 e. The van der Waals surface area contributed by atoms with Crippen molar-refractivity contribution in [3.8, 4) is 0 Å². The van der Waals surface area contributed by atoms with Crippen molar-refractivity contribution in [2.24, 2.45) is 0 Å². The van der Waals surface area contributed by atoms with Crippen LogP contribution in [-0.2, 0) is 4.79 Å². The van der Waals surface area contributed by atoms with E-state index in [2.05, 4.69) is 23.2 Å². The molecule has 2 heterocycles. The fraction of sp³-hybridized carbons (Fsp3) is 0.200. The number of anilines is 1. The van der Waals surface area contributed by atoms with Crippen LogP contribution in [0.5, 0.6) is 0 Å². The first-order valence-corrected chi connectivity index (χ1v) is 11.2. The average molecular weight is 399 g/mol. The van der Waals surface area contributed by atoms with Crippen LogP contribution in [0.4, 0.5) is 5.69 Å². The SMILES string of the molecule is Cc1csc(SCC(=O)N2c3ccccc3SC[C@H]2c2ccccc2)n1. The van der Waals surface area contributed by atoms with Gasteiger partial charge in [-0.2, -0.15) is 0 Å². The number of aromatic nitrogens is 1. The van der Waals surface area contributed by atoms with Crippen LogP contribution in [0.15, 0.2) is 69.2 Å². The van der Waals surface area contributed by atoms with Crippen molar-refractivity contribution in [1.82, 2.24) is 4.98 Å². The highest BCUT2D eigenvalue weighted by molar-refractivity contribution is 8.01. The van der Waals surface area contributed by atoms with E-state index >= 15 is 0 Å². The molecule has 1 aliphatic heterocycles. The molecule has 0 spiro atoms. The Hall–Kier alpha value is -1.76. The van der Waals surface area contributed by atoms with E-state index in [4.69, 9.17) is 0 Å². The Balaban J connectivity index is 1.62. The molecule has 0 fully saturated rings. The van der Waals surface area contributed by atoms with Gasteiger partial charge in [-0.25, -0.2) is 4.98 Å². The summed E-state index contributed by atoms with van der Waals surface area (Å²) in [5, 5.41) is 2.02. The molecule has 2 aromatic carbocycles. The number of carbonyl (C=O) groups is 1. The third-order valence-corrected chi connectivity index (χ3v) is 7.47. The molecule has 0 N–H and O–H groups in total. The van der Waals surface area contributed by atoms with Crippen LogP contribution in [-0.4, -0.2) is 22.4 Å². The van der Waals surface area contributed by atoms with E-state index in [0.717, 1.165) is 21.5 Å². The highest BCUT2D eigenvalue weighted by Gasteiger charge is 2.32. The van der Waals surface area contributed by atoms with E-state index in [1.54, 1.807) is 11.3 Å². The quantitative estimate of drug-likeness (QED) is 0.549. The molecule has 3 aromatic rings. The van der Waals surface area contributed by atoms with Gasteiger partial charge in [-0.15, -0.1) is 23.1 Å². The summed E-state index contributed by atoms with van der Waals surface area (Å²) in [7, 11) is 0. The van der Waals surface area contributed by atoms with Gasteiger partial charge in [0.1, 0.15) is 0 Å². The van der Waals surface area contributed by atoms with Crippen molar-refractivity contribution in [2.45, 2.75) is 22.2 Å². The predicted octanol–water partition coefficient (Wildman–Crippen LogP) is 5.42. The van der Waals surface area contributed by atoms with Gasteiger partial charge in [0, 0.05) is 21.7 Å². The van der Waals surface area contributed by atoms with Crippen LogP contribution >= 0.6 is 34.9 Å². The summed E-state index contributed by atoms with van der Waals surface area (Å²) in [6, 6.07) is 18.5. The normalized spacial score (nSPS) is 16.3. The van der Waals surface area contributed by atoms with Crippen LogP contribution in [0.3, 0.4) is 0 Å². The van der Waals surface area contributed by atoms with Gasteiger partial charge in [-0.05, 0) is 24.6 Å². The number of hydrogen-bond donors (Lipinski definition) is 0. The van der Waals surface area contributed by atoms with E-state index in [9.17, 15) is 4.79 Å². The topological polar surface area (TPSA) is 33.2 Å². The van der Waals surface area contributed by atoms with Gasteiger partial charge < -0.3 is 4.90 Å². The van der Waals surface area contributed by atoms with Crippen LogP contribution < -0.4 is 4.90 Å². The zero-order chi connectivity index (χ0) is 17.9. The molecule has 0 radical (unpaired) electrons. The third kappa shape index (κ3) is 3.68. The Kier molecular flexibility index (Phi) is 5.33. The predicted molar refractivity (Wildman–Crippen MR) is 111 cm³/mol. The molecule has 3 nitrogen and oxygen atoms in total. The Bertz CT molecular complexity index is 910. The minimum atomic E-state index is 0.0576. The van der Waals surface area contributed by atoms with Gasteiger partial charge >= 0.3 is 0 Å². The molecule has 0 unspecified atom stereocenters. The molecule has 0 aliphatic carbocycles. The van der Waals surface area contributed by atoms with Crippen LogP contribution in [0, 0.1) is 6.92 Å². The first kappa shape index (κ1) is 17.6. The Morgan fingerprint density at radius 3 is 2.73 bits per heavy atom. The largest absolute Gasteiger partial charge is 0.302 e. The maximum Gasteiger partial charge on any atom is 0.238 e. The fourth-order valence-electron chi connectivity index (χ4n) is 3.01. The number of aryl methyl sites for hydroxylation is 1. The van der Waals surface area contributed by atoms with Gasteiger partial charge in [0.25, 0.3) is 0 Å². The molecule has 1 aliphatic rings. The van der Waals surface area contributed by atoms with Crippen molar-refractivity contribution in [2.75, 3.05) is 16.4 Å². The summed E-state index contributed by atoms with van der Waals surface area (Å²) >= 11 is 4.94. The molecule has 0 saturated heterocycles. The summed E-state index contributed by atoms with van der Waals surface area (Å²) in [6.07, 6.45) is 0. The number of thioether (sulfide) groups is 2. The molecular weight excluding hydrogens is 380 g/mol. The molecule has 0 bridgehead atoms. The highest BCUT2D eigenvalue weighted by atomic mass is 32.2. The first-order valence-electron chi connectivity index (χ1n) is 8.36. The number of amides is 1. The number of thiazole rings is 1. The van der Waals surface area contributed by atoms with Crippen LogP contribution in [0.2, 0.25) is 0 Å². The van der Waals surface area contributed by atoms with Crippen molar-refractivity contribution < 1.29 is 4.79 Å². The van der Waals surface area contributed by atoms with Crippen molar-refractivity contribution in [1.29, 1.82) is 0 Å². The standard InChI is InChI=1S/C20H18N2OS3/c1-14-11-25-20(21-14)26-13-19(23)22-16-9-5-6-10-18(16)24-12-17(22)15-7-3-2-4-8-15/h2-11,17H,12-13H2,1H3/t17-/m0/s1. The first-order chi connectivity index (χ1) is 12.7. The minimum absolute atomic E-state index is 0.0576. The summed E-state index contributed by atoms with van der Waals surface area (Å²) in [4.78, 5) is 20.8. The molecule has 0 saturated carbocycles. The Morgan fingerprint density at radius 2 is 1.96 bits per heavy atom. The maximum atomic E-state index is 13.2. The molecule has 132 valence electrons. The number of rotatable bonds is 4. The number of nitrogens with zero attached hydrogens (tertiary/aromatic N) is 2. The van der Waals surface area contributed by atoms with E-state index in [0.29, 0.717) is 5.75 Å². The molecule has 1 amide bonds. The number of hydrogen-bond acceptors (Lipinski definition) is 5. The number of para-hydroxylation sites is 1. The van der Waals surface area contributed by atoms with Gasteiger partial charge in [0.05, 0.1) is 17.5 Å².